The number of nitrogens with one attached hydrogen (secondary N) is 2. The first-order valence-corrected chi connectivity index (χ1v) is 10.2. The third-order valence-corrected chi connectivity index (χ3v) is 4.24. The Bertz CT molecular complexity index is 642. The number of sulfone groups is 1. The van der Waals surface area contributed by atoms with Crippen LogP contribution in [0, 0.1) is 0 Å². The first-order valence-electron chi connectivity index (χ1n) is 8.10. The van der Waals surface area contributed by atoms with E-state index in [0.29, 0.717) is 18.9 Å². The van der Waals surface area contributed by atoms with E-state index < -0.39 is 9.84 Å². The van der Waals surface area contributed by atoms with Gasteiger partial charge in [-0.05, 0) is 44.9 Å². The fourth-order valence-electron chi connectivity index (χ4n) is 2.08. The number of rotatable bonds is 8. The van der Waals surface area contributed by atoms with Crippen LogP contribution >= 0.6 is 0 Å². The van der Waals surface area contributed by atoms with Crippen LogP contribution in [0.25, 0.3) is 0 Å². The molecule has 0 aliphatic heterocycles. The van der Waals surface area contributed by atoms with Crippen molar-refractivity contribution >= 4 is 15.8 Å². The van der Waals surface area contributed by atoms with Gasteiger partial charge in [0.2, 0.25) is 0 Å². The maximum Gasteiger partial charge on any atom is 0.191 e. The molecule has 0 radical (unpaired) electrons. The summed E-state index contributed by atoms with van der Waals surface area (Å²) in [4.78, 5) is 4.17. The highest BCUT2D eigenvalue weighted by Gasteiger charge is 2.09. The topological polar surface area (TPSA) is 79.8 Å². The molecule has 1 unspecified atom stereocenters. The summed E-state index contributed by atoms with van der Waals surface area (Å²) in [6, 6.07) is 7.92. The predicted molar refractivity (Wildman–Crippen MR) is 99.3 cm³/mol. The molecule has 1 aromatic rings. The van der Waals surface area contributed by atoms with Gasteiger partial charge in [0.05, 0.1) is 11.9 Å². The molecule has 0 saturated carbocycles. The van der Waals surface area contributed by atoms with Gasteiger partial charge in [0.15, 0.2) is 5.96 Å². The average molecular weight is 356 g/mol. The molecular weight excluding hydrogens is 326 g/mol. The highest BCUT2D eigenvalue weighted by Crippen LogP contribution is 2.14. The SMILES string of the molecule is CN=C(NCc1cccc(OC(C)C)c1)NC(C)CCS(C)(=O)=O. The molecule has 0 amide bonds. The van der Waals surface area contributed by atoms with E-state index in [0.717, 1.165) is 11.3 Å². The number of hydrogen-bond acceptors (Lipinski definition) is 4. The number of aliphatic imine (C=N–C) groups is 1. The molecule has 0 aliphatic rings. The highest BCUT2D eigenvalue weighted by molar-refractivity contribution is 7.90. The van der Waals surface area contributed by atoms with Gasteiger partial charge in [-0.25, -0.2) is 8.42 Å². The maximum atomic E-state index is 11.2. The van der Waals surface area contributed by atoms with E-state index in [1.165, 1.54) is 6.26 Å². The highest BCUT2D eigenvalue weighted by atomic mass is 32.2. The zero-order valence-corrected chi connectivity index (χ0v) is 16.0. The molecule has 6 nitrogen and oxygen atoms in total. The fourth-order valence-corrected chi connectivity index (χ4v) is 2.86. The van der Waals surface area contributed by atoms with Crippen molar-refractivity contribution < 1.29 is 13.2 Å². The van der Waals surface area contributed by atoms with Crippen molar-refractivity contribution in [2.24, 2.45) is 4.99 Å². The van der Waals surface area contributed by atoms with Crippen LogP contribution in [0.2, 0.25) is 0 Å². The Labute approximate surface area is 145 Å². The van der Waals surface area contributed by atoms with E-state index in [4.69, 9.17) is 4.74 Å². The zero-order valence-electron chi connectivity index (χ0n) is 15.2. The summed E-state index contributed by atoms with van der Waals surface area (Å²) < 4.78 is 28.1. The number of guanidine groups is 1. The van der Waals surface area contributed by atoms with Crippen LogP contribution in [0.3, 0.4) is 0 Å². The molecule has 0 aliphatic carbocycles. The van der Waals surface area contributed by atoms with Gasteiger partial charge >= 0.3 is 0 Å². The van der Waals surface area contributed by atoms with Gasteiger partial charge < -0.3 is 15.4 Å². The van der Waals surface area contributed by atoms with Crippen LogP contribution in [0.15, 0.2) is 29.3 Å². The lowest BCUT2D eigenvalue weighted by atomic mass is 10.2. The minimum absolute atomic E-state index is 0.0153. The van der Waals surface area contributed by atoms with Gasteiger partial charge in [-0.2, -0.15) is 0 Å². The predicted octanol–water partition coefficient (Wildman–Crippen LogP) is 1.96. The Morgan fingerprint density at radius 2 is 2.00 bits per heavy atom. The van der Waals surface area contributed by atoms with Crippen LogP contribution in [-0.4, -0.2) is 45.6 Å². The molecule has 1 atom stereocenters. The molecule has 2 N–H and O–H groups in total. The van der Waals surface area contributed by atoms with Gasteiger partial charge in [-0.3, -0.25) is 4.99 Å². The molecule has 136 valence electrons. The van der Waals surface area contributed by atoms with Crippen molar-refractivity contribution in [1.29, 1.82) is 0 Å². The maximum absolute atomic E-state index is 11.2. The van der Waals surface area contributed by atoms with Crippen molar-refractivity contribution in [2.45, 2.75) is 45.9 Å². The van der Waals surface area contributed by atoms with E-state index in [1.807, 2.05) is 45.0 Å². The number of benzene rings is 1. The van der Waals surface area contributed by atoms with E-state index in [-0.39, 0.29) is 17.9 Å². The quantitative estimate of drug-likeness (QED) is 0.550. The largest absolute Gasteiger partial charge is 0.491 e. The number of nitrogens with zero attached hydrogens (tertiary/aromatic N) is 1. The summed E-state index contributed by atoms with van der Waals surface area (Å²) in [5.41, 5.74) is 1.08. The molecule has 0 spiro atoms. The molecule has 0 heterocycles. The minimum Gasteiger partial charge on any atom is -0.491 e. The van der Waals surface area contributed by atoms with Crippen LogP contribution in [-0.2, 0) is 16.4 Å². The summed E-state index contributed by atoms with van der Waals surface area (Å²) in [6.07, 6.45) is 1.93. The third-order valence-electron chi connectivity index (χ3n) is 3.26. The molecule has 1 rings (SSSR count). The lowest BCUT2D eigenvalue weighted by Crippen LogP contribution is -2.42. The molecule has 0 aromatic heterocycles. The van der Waals surface area contributed by atoms with Crippen molar-refractivity contribution in [1.82, 2.24) is 10.6 Å². The first-order chi connectivity index (χ1) is 11.2. The van der Waals surface area contributed by atoms with Crippen molar-refractivity contribution in [3.63, 3.8) is 0 Å². The van der Waals surface area contributed by atoms with E-state index in [2.05, 4.69) is 15.6 Å². The van der Waals surface area contributed by atoms with E-state index in [9.17, 15) is 8.42 Å². The van der Waals surface area contributed by atoms with Gasteiger partial charge in [-0.15, -0.1) is 0 Å². The van der Waals surface area contributed by atoms with Crippen LogP contribution in [0.1, 0.15) is 32.8 Å². The summed E-state index contributed by atoms with van der Waals surface area (Å²) in [5.74, 6) is 1.65. The molecule has 24 heavy (non-hydrogen) atoms. The second-order valence-electron chi connectivity index (χ2n) is 6.20. The van der Waals surface area contributed by atoms with Gasteiger partial charge in [0.25, 0.3) is 0 Å². The monoisotopic (exact) mass is 355 g/mol. The lowest BCUT2D eigenvalue weighted by Gasteiger charge is -2.18. The minimum atomic E-state index is -2.95. The van der Waals surface area contributed by atoms with Gasteiger partial charge in [0.1, 0.15) is 15.6 Å². The summed E-state index contributed by atoms with van der Waals surface area (Å²) in [6.45, 7) is 6.53. The lowest BCUT2D eigenvalue weighted by molar-refractivity contribution is 0.242. The standard InChI is InChI=1S/C17H29N3O3S/c1-13(2)23-16-8-6-7-15(11-16)12-19-17(18-4)20-14(3)9-10-24(5,21)22/h6-8,11,13-14H,9-10,12H2,1-5H3,(H2,18,19,20). The Morgan fingerprint density at radius 1 is 1.29 bits per heavy atom. The second kappa shape index (κ2) is 9.52. The van der Waals surface area contributed by atoms with Crippen molar-refractivity contribution in [2.75, 3.05) is 19.1 Å². The van der Waals surface area contributed by atoms with E-state index in [1.54, 1.807) is 7.05 Å². The Morgan fingerprint density at radius 3 is 2.58 bits per heavy atom. The van der Waals surface area contributed by atoms with Gasteiger partial charge in [0, 0.05) is 25.9 Å². The molecule has 0 bridgehead atoms. The zero-order chi connectivity index (χ0) is 18.2. The van der Waals surface area contributed by atoms with Crippen molar-refractivity contribution in [3.8, 4) is 5.75 Å². The van der Waals surface area contributed by atoms with Crippen molar-refractivity contribution in [3.05, 3.63) is 29.8 Å². The third kappa shape index (κ3) is 8.76. The van der Waals surface area contributed by atoms with Crippen LogP contribution in [0.5, 0.6) is 5.75 Å². The average Bonchev–Trinajstić information content (AvgIpc) is 2.48. The first kappa shape index (κ1) is 20.3. The molecule has 0 saturated heterocycles. The molecule has 0 fully saturated rings. The molecule has 7 heteroatoms. The van der Waals surface area contributed by atoms with Gasteiger partial charge in [-0.1, -0.05) is 12.1 Å². The second-order valence-corrected chi connectivity index (χ2v) is 8.46. The van der Waals surface area contributed by atoms with Crippen LogP contribution in [0.4, 0.5) is 0 Å². The Hall–Kier alpha value is -1.76. The molecule has 1 aromatic carbocycles. The number of ether oxygens (including phenoxy) is 1. The molecular formula is C17H29N3O3S. The normalized spacial score (nSPS) is 13.7. The Balaban J connectivity index is 2.52. The summed E-state index contributed by atoms with van der Waals surface area (Å²) >= 11 is 0. The van der Waals surface area contributed by atoms with Crippen LogP contribution < -0.4 is 15.4 Å². The smallest absolute Gasteiger partial charge is 0.191 e. The number of hydrogen-bond donors (Lipinski definition) is 2. The Kier molecular flexibility index (Phi) is 8.04. The fraction of sp³-hybridized carbons (Fsp3) is 0.588. The summed E-state index contributed by atoms with van der Waals surface area (Å²) in [5, 5.41) is 6.43. The summed E-state index contributed by atoms with van der Waals surface area (Å²) in [7, 11) is -1.25. The van der Waals surface area contributed by atoms with E-state index >= 15 is 0 Å².